The van der Waals surface area contributed by atoms with Gasteiger partial charge >= 0.3 is 52.6 Å². The molecule has 0 aliphatic carbocycles. The van der Waals surface area contributed by atoms with E-state index in [1.807, 2.05) is 0 Å². The number of carboxylic acid groups (broad SMARTS) is 4. The quantitative estimate of drug-likeness (QED) is 0.299. The molecule has 0 heterocycles. The van der Waals surface area contributed by atoms with Crippen molar-refractivity contribution in [2.24, 2.45) is 0 Å². The topological polar surface area (TPSA) is 259 Å². The summed E-state index contributed by atoms with van der Waals surface area (Å²) in [6.45, 7) is -1.45. The van der Waals surface area contributed by atoms with Crippen molar-refractivity contribution < 1.29 is 103 Å². The third-order valence-electron chi connectivity index (χ3n) is 2.52. The molecule has 13 nitrogen and oxygen atoms in total. The van der Waals surface area contributed by atoms with E-state index >= 15 is 0 Å². The third-order valence-corrected chi connectivity index (χ3v) is 2.52. The number of carbonyl (C=O) groups excluding carboxylic acids is 3. The maximum atomic E-state index is 10.6. The minimum atomic E-state index is -1.52. The second-order valence-corrected chi connectivity index (χ2v) is 4.43. The maximum Gasteiger partial charge on any atom is 2.00 e. The zero-order chi connectivity index (χ0) is 16.6. The van der Waals surface area contributed by atoms with Gasteiger partial charge in [0, 0.05) is 32.2 Å². The van der Waals surface area contributed by atoms with E-state index < -0.39 is 56.1 Å². The largest absolute Gasteiger partial charge is 2.00 e. The van der Waals surface area contributed by atoms with Crippen LogP contribution < -0.4 is 44.9 Å². The van der Waals surface area contributed by atoms with E-state index in [1.165, 1.54) is 6.92 Å². The van der Waals surface area contributed by atoms with Gasteiger partial charge < -0.3 is 51.2 Å². The van der Waals surface area contributed by atoms with Gasteiger partial charge in [0.2, 0.25) is 0 Å². The molecule has 0 saturated carbocycles. The van der Waals surface area contributed by atoms with Gasteiger partial charge in [-0.2, -0.15) is 0 Å². The van der Waals surface area contributed by atoms with Crippen LogP contribution in [0.1, 0.15) is 6.92 Å². The molecule has 0 amide bonds. The smallest absolute Gasteiger partial charge is 0.549 e. The summed E-state index contributed by atoms with van der Waals surface area (Å²) in [5, 5.41) is 40.3. The van der Waals surface area contributed by atoms with Crippen molar-refractivity contribution in [1.29, 1.82) is 0 Å². The van der Waals surface area contributed by atoms with Gasteiger partial charge in [-0.25, -0.2) is 0 Å². The summed E-state index contributed by atoms with van der Waals surface area (Å²) in [6, 6.07) is -0.750. The van der Waals surface area contributed by atoms with Crippen molar-refractivity contribution >= 4 is 23.9 Å². The Kier molecular flexibility index (Phi) is 31.6. The molecule has 1 atom stereocenters. The van der Waals surface area contributed by atoms with E-state index in [2.05, 4.69) is 0 Å². The Labute approximate surface area is 181 Å². The minimum absolute atomic E-state index is 0. The van der Waals surface area contributed by atoms with Crippen LogP contribution >= 0.6 is 0 Å². The summed E-state index contributed by atoms with van der Waals surface area (Å²) in [5.41, 5.74) is 0. The molecule has 0 saturated heterocycles. The first-order valence-electron chi connectivity index (χ1n) is 5.89. The fourth-order valence-corrected chi connectivity index (χ4v) is 1.75. The monoisotopic (exact) mass is 436 g/mol. The first-order valence-corrected chi connectivity index (χ1v) is 5.89. The minimum Gasteiger partial charge on any atom is -0.549 e. The van der Waals surface area contributed by atoms with Crippen molar-refractivity contribution in [1.82, 2.24) is 9.80 Å². The van der Waals surface area contributed by atoms with Gasteiger partial charge in [-0.3, -0.25) is 14.6 Å². The van der Waals surface area contributed by atoms with Crippen molar-refractivity contribution in [3.63, 3.8) is 0 Å². The number of rotatable bonds is 11. The molecule has 0 aromatic rings. The van der Waals surface area contributed by atoms with Gasteiger partial charge in [0.25, 0.3) is 0 Å². The first-order chi connectivity index (χ1) is 9.61. The molecule has 0 aliphatic rings. The molecule has 1 unspecified atom stereocenters. The average Bonchev–Trinajstić information content (AvgIpc) is 2.24. The Morgan fingerprint density at radius 2 is 1.19 bits per heavy atom. The maximum absolute atomic E-state index is 10.6. The molecule has 26 heavy (non-hydrogen) atoms. The number of carboxylic acids is 4. The molecule has 0 spiro atoms. The molecule has 0 bridgehead atoms. The Bertz CT molecular complexity index is 395. The van der Waals surface area contributed by atoms with E-state index in [0.717, 1.165) is 9.80 Å². The normalized spacial score (nSPS) is 9.96. The molecule has 0 aromatic heterocycles. The van der Waals surface area contributed by atoms with Crippen LogP contribution in [0.15, 0.2) is 0 Å². The molecule has 0 aliphatic heterocycles. The zero-order valence-corrected chi connectivity index (χ0v) is 17.3. The molecule has 0 radical (unpaired) electrons. The van der Waals surface area contributed by atoms with Crippen molar-refractivity contribution in [2.75, 3.05) is 32.7 Å². The number of carbonyl (C=O) groups is 4. The number of hydrogen-bond donors (Lipinski definition) is 1. The van der Waals surface area contributed by atoms with Crippen molar-refractivity contribution in [3.8, 4) is 0 Å². The number of hydrogen-bond acceptors (Lipinski definition) is 9. The Morgan fingerprint density at radius 1 is 0.846 bits per heavy atom. The number of nitrogens with zero attached hydrogens (tertiary/aromatic N) is 2. The van der Waals surface area contributed by atoms with Gasteiger partial charge in [-0.1, -0.05) is 0 Å². The zero-order valence-electron chi connectivity index (χ0n) is 14.2. The van der Waals surface area contributed by atoms with Crippen molar-refractivity contribution in [3.05, 3.63) is 0 Å². The van der Waals surface area contributed by atoms with Crippen molar-refractivity contribution in [2.45, 2.75) is 13.0 Å². The van der Waals surface area contributed by atoms with Crippen LogP contribution in [0.2, 0.25) is 0 Å². The van der Waals surface area contributed by atoms with Crippen LogP contribution in [0.4, 0.5) is 0 Å². The van der Waals surface area contributed by atoms with Gasteiger partial charge in [-0.05, 0) is 6.92 Å². The van der Waals surface area contributed by atoms with E-state index in [9.17, 15) is 34.5 Å². The van der Waals surface area contributed by atoms with Crippen LogP contribution in [0.25, 0.3) is 0 Å². The van der Waals surface area contributed by atoms with Crippen LogP contribution in [0, 0.1) is 0 Å². The standard InChI is InChI=1S/C11H18N2O8.Fe.Na.3H2O/c1-7(13(5-10(18)19)6-11(20)21)2-12(3-8(14)15)4-9(16)17;;;;;/h7H,2-6H2,1H3,(H,14,15)(H,16,17)(H,18,19)(H,20,21);;;3*1H2/q;+2;+1;;;/p-3. The van der Waals surface area contributed by atoms with Crippen LogP contribution in [0.5, 0.6) is 0 Å². The number of aliphatic carboxylic acids is 4. The molecule has 7 N–H and O–H groups in total. The average molecular weight is 436 g/mol. The second-order valence-electron chi connectivity index (χ2n) is 4.43. The fourth-order valence-electron chi connectivity index (χ4n) is 1.75. The molecule has 0 fully saturated rings. The van der Waals surface area contributed by atoms with Crippen LogP contribution in [-0.2, 0) is 36.2 Å². The predicted octanol–water partition coefficient (Wildman–Crippen LogP) is -11.2. The third kappa shape index (κ3) is 21.2. The molecule has 0 aromatic carbocycles. The Hall–Kier alpha value is -0.801. The van der Waals surface area contributed by atoms with E-state index in [0.29, 0.717) is 0 Å². The first kappa shape index (κ1) is 40.0. The van der Waals surface area contributed by atoms with Gasteiger partial charge in [0.05, 0.1) is 24.5 Å². The van der Waals surface area contributed by atoms with Crippen LogP contribution in [0.3, 0.4) is 0 Å². The SMILES string of the molecule is CC(CN(CC(=O)[O-])CC(=O)O)N(CC(=O)[O-])CC(=O)[O-].O.O.O.[Fe+2].[Na+]. The molecular formula is C11H21FeN2NaO11. The summed E-state index contributed by atoms with van der Waals surface area (Å²) < 4.78 is 0. The summed E-state index contributed by atoms with van der Waals surface area (Å²) >= 11 is 0. The second kappa shape index (κ2) is 20.5. The molecular weight excluding hydrogens is 415 g/mol. The molecule has 15 heteroatoms. The van der Waals surface area contributed by atoms with Crippen LogP contribution in [-0.4, -0.2) is 94.0 Å². The van der Waals surface area contributed by atoms with Gasteiger partial charge in [0.15, 0.2) is 0 Å². The van der Waals surface area contributed by atoms with E-state index in [1.54, 1.807) is 0 Å². The summed E-state index contributed by atoms with van der Waals surface area (Å²) in [7, 11) is 0. The molecule has 150 valence electrons. The van der Waals surface area contributed by atoms with Gasteiger partial charge in [0.1, 0.15) is 0 Å². The molecule has 0 rings (SSSR count). The fraction of sp³-hybridized carbons (Fsp3) is 0.636. The van der Waals surface area contributed by atoms with Gasteiger partial charge in [-0.15, -0.1) is 0 Å². The summed E-state index contributed by atoms with van der Waals surface area (Å²) in [4.78, 5) is 44.2. The van der Waals surface area contributed by atoms with E-state index in [4.69, 9.17) is 5.11 Å². The summed E-state index contributed by atoms with van der Waals surface area (Å²) in [5.74, 6) is -5.83. The summed E-state index contributed by atoms with van der Waals surface area (Å²) in [6.07, 6.45) is 0. The predicted molar refractivity (Wildman–Crippen MR) is 71.0 cm³/mol. The Balaban J connectivity index is -0.000000200. The van der Waals surface area contributed by atoms with E-state index in [-0.39, 0.29) is 69.6 Å². The Morgan fingerprint density at radius 3 is 1.46 bits per heavy atom.